The number of piperazine rings is 1. The van der Waals surface area contributed by atoms with Gasteiger partial charge in [-0.2, -0.15) is 4.31 Å². The molecular weight excluding hydrogens is 434 g/mol. The number of quaternary nitrogens is 1. The monoisotopic (exact) mass is 464 g/mol. The van der Waals surface area contributed by atoms with Gasteiger partial charge >= 0.3 is 0 Å². The van der Waals surface area contributed by atoms with E-state index in [0.29, 0.717) is 44.2 Å². The summed E-state index contributed by atoms with van der Waals surface area (Å²) in [5.74, 6) is 0. The zero-order chi connectivity index (χ0) is 23.0. The van der Waals surface area contributed by atoms with Gasteiger partial charge in [0.05, 0.1) is 37.6 Å². The Morgan fingerprint density at radius 2 is 1.42 bits per heavy atom. The van der Waals surface area contributed by atoms with Gasteiger partial charge in [0.2, 0.25) is 10.0 Å². The minimum absolute atomic E-state index is 0.350. The number of aryl methyl sites for hydroxylation is 1. The highest BCUT2D eigenvalue weighted by atomic mass is 32.2. The van der Waals surface area contributed by atoms with Crippen molar-refractivity contribution in [1.82, 2.24) is 8.87 Å². The quantitative estimate of drug-likeness (QED) is 0.459. The van der Waals surface area contributed by atoms with E-state index in [2.05, 4.69) is 28.8 Å². The van der Waals surface area contributed by atoms with Gasteiger partial charge in [0.25, 0.3) is 0 Å². The molecule has 0 spiro atoms. The molecule has 3 aromatic carbocycles. The average Bonchev–Trinajstić information content (AvgIpc) is 3.13. The zero-order valence-electron chi connectivity index (χ0n) is 18.8. The highest BCUT2D eigenvalue weighted by molar-refractivity contribution is 7.89. The van der Waals surface area contributed by atoms with E-state index in [1.807, 2.05) is 43.3 Å². The van der Waals surface area contributed by atoms with E-state index in [4.69, 9.17) is 0 Å². The number of nitrogens with zero attached hydrogens (tertiary/aromatic N) is 2. The number of sulfonamides is 1. The SMILES string of the molecule is Cc1ccc(S(=O)(=O)N2CC[NH+](C[C@@H](O)Cn3c4ccccc4c4ccccc43)CC2)cc1. The Bertz CT molecular complexity index is 1320. The van der Waals surface area contributed by atoms with Crippen LogP contribution in [0.2, 0.25) is 0 Å². The van der Waals surface area contributed by atoms with Gasteiger partial charge in [-0.05, 0) is 31.2 Å². The molecule has 0 amide bonds. The maximum absolute atomic E-state index is 13.0. The minimum Gasteiger partial charge on any atom is -0.385 e. The van der Waals surface area contributed by atoms with Crippen molar-refractivity contribution >= 4 is 31.8 Å². The third kappa shape index (κ3) is 4.29. The highest BCUT2D eigenvalue weighted by Crippen LogP contribution is 2.28. The second-order valence-electron chi connectivity index (χ2n) is 8.97. The molecule has 6 nitrogen and oxygen atoms in total. The molecule has 1 aliphatic rings. The van der Waals surface area contributed by atoms with Crippen molar-refractivity contribution in [3.8, 4) is 0 Å². The van der Waals surface area contributed by atoms with Crippen LogP contribution < -0.4 is 4.90 Å². The molecule has 1 atom stereocenters. The van der Waals surface area contributed by atoms with Crippen LogP contribution in [0.5, 0.6) is 0 Å². The molecule has 7 heteroatoms. The van der Waals surface area contributed by atoms with Crippen LogP contribution in [0, 0.1) is 6.92 Å². The summed E-state index contributed by atoms with van der Waals surface area (Å²) in [5.41, 5.74) is 3.30. The third-order valence-corrected chi connectivity index (χ3v) is 8.60. The number of rotatable bonds is 6. The molecule has 1 fully saturated rings. The summed E-state index contributed by atoms with van der Waals surface area (Å²) in [6.45, 7) is 5.37. The van der Waals surface area contributed by atoms with E-state index in [1.54, 1.807) is 16.4 Å². The lowest BCUT2D eigenvalue weighted by Crippen LogP contribution is -3.15. The fourth-order valence-corrected chi connectivity index (χ4v) is 6.36. The van der Waals surface area contributed by atoms with Crippen LogP contribution in [0.25, 0.3) is 21.8 Å². The van der Waals surface area contributed by atoms with Crippen LogP contribution in [0.15, 0.2) is 77.7 Å². The summed E-state index contributed by atoms with van der Waals surface area (Å²) in [6, 6.07) is 23.6. The fourth-order valence-electron chi connectivity index (χ4n) is 4.91. The molecule has 1 aromatic heterocycles. The number of aliphatic hydroxyl groups excluding tert-OH is 1. The molecule has 0 unspecified atom stereocenters. The van der Waals surface area contributed by atoms with Crippen molar-refractivity contribution < 1.29 is 18.4 Å². The molecule has 1 aliphatic heterocycles. The highest BCUT2D eigenvalue weighted by Gasteiger charge is 2.31. The van der Waals surface area contributed by atoms with Crippen LogP contribution in [-0.4, -0.2) is 61.2 Å². The second kappa shape index (κ2) is 8.91. The number of nitrogens with one attached hydrogen (secondary N) is 1. The fraction of sp³-hybridized carbons (Fsp3) is 0.308. The minimum atomic E-state index is -3.47. The predicted octanol–water partition coefficient (Wildman–Crippen LogP) is 2.05. The molecule has 0 saturated carbocycles. The summed E-state index contributed by atoms with van der Waals surface area (Å²) >= 11 is 0. The Labute approximate surface area is 194 Å². The Morgan fingerprint density at radius 3 is 2.00 bits per heavy atom. The van der Waals surface area contributed by atoms with Crippen LogP contribution in [0.3, 0.4) is 0 Å². The summed E-state index contributed by atoms with van der Waals surface area (Å²) in [4.78, 5) is 1.58. The van der Waals surface area contributed by atoms with Crippen LogP contribution in [0.4, 0.5) is 0 Å². The smallest absolute Gasteiger partial charge is 0.243 e. The molecule has 2 N–H and O–H groups in total. The van der Waals surface area contributed by atoms with Gasteiger partial charge in [0, 0.05) is 21.8 Å². The van der Waals surface area contributed by atoms with Gasteiger partial charge in [-0.1, -0.05) is 54.1 Å². The molecule has 1 saturated heterocycles. The van der Waals surface area contributed by atoms with Gasteiger partial charge in [0.15, 0.2) is 0 Å². The molecule has 4 aromatic rings. The molecule has 33 heavy (non-hydrogen) atoms. The topological polar surface area (TPSA) is 67.0 Å². The van der Waals surface area contributed by atoms with E-state index in [1.165, 1.54) is 15.7 Å². The molecule has 172 valence electrons. The van der Waals surface area contributed by atoms with Crippen molar-refractivity contribution in [2.75, 3.05) is 32.7 Å². The van der Waals surface area contributed by atoms with Gasteiger partial charge in [0.1, 0.15) is 12.6 Å². The van der Waals surface area contributed by atoms with E-state index < -0.39 is 16.1 Å². The van der Waals surface area contributed by atoms with Crippen molar-refractivity contribution in [2.45, 2.75) is 24.5 Å². The van der Waals surface area contributed by atoms with Crippen molar-refractivity contribution in [2.24, 2.45) is 0 Å². The molecule has 0 bridgehead atoms. The van der Waals surface area contributed by atoms with Gasteiger partial charge < -0.3 is 14.6 Å². The molecule has 5 rings (SSSR count). The first-order valence-electron chi connectivity index (χ1n) is 11.5. The number of benzene rings is 3. The normalized spacial score (nSPS) is 17.0. The zero-order valence-corrected chi connectivity index (χ0v) is 19.6. The summed E-state index contributed by atoms with van der Waals surface area (Å²) in [6.07, 6.45) is -0.514. The second-order valence-corrected chi connectivity index (χ2v) is 10.9. The summed E-state index contributed by atoms with van der Waals surface area (Å²) in [7, 11) is -3.47. The number of hydrogen-bond donors (Lipinski definition) is 2. The third-order valence-electron chi connectivity index (χ3n) is 6.69. The van der Waals surface area contributed by atoms with E-state index in [-0.39, 0.29) is 0 Å². The predicted molar refractivity (Wildman–Crippen MR) is 131 cm³/mol. The Kier molecular flexibility index (Phi) is 5.97. The van der Waals surface area contributed by atoms with E-state index in [0.717, 1.165) is 16.6 Å². The number of fused-ring (bicyclic) bond motifs is 3. The number of aromatic nitrogens is 1. The first-order valence-corrected chi connectivity index (χ1v) is 12.9. The van der Waals surface area contributed by atoms with Crippen LogP contribution in [0.1, 0.15) is 5.56 Å². The number of para-hydroxylation sites is 2. The Balaban J connectivity index is 1.25. The van der Waals surface area contributed by atoms with Crippen LogP contribution in [-0.2, 0) is 16.6 Å². The summed E-state index contributed by atoms with van der Waals surface area (Å²) in [5, 5.41) is 13.3. The van der Waals surface area contributed by atoms with E-state index in [9.17, 15) is 13.5 Å². The van der Waals surface area contributed by atoms with Crippen LogP contribution >= 0.6 is 0 Å². The lowest BCUT2D eigenvalue weighted by atomic mass is 10.2. The average molecular weight is 465 g/mol. The van der Waals surface area contributed by atoms with E-state index >= 15 is 0 Å². The van der Waals surface area contributed by atoms with Gasteiger partial charge in [-0.25, -0.2) is 8.42 Å². The van der Waals surface area contributed by atoms with Gasteiger partial charge in [-0.3, -0.25) is 0 Å². The number of hydrogen-bond acceptors (Lipinski definition) is 3. The first-order chi connectivity index (χ1) is 15.9. The van der Waals surface area contributed by atoms with Crippen molar-refractivity contribution in [1.29, 1.82) is 0 Å². The maximum atomic E-state index is 13.0. The number of aliphatic hydroxyl groups is 1. The van der Waals surface area contributed by atoms with Crippen molar-refractivity contribution in [3.05, 3.63) is 78.4 Å². The standard InChI is InChI=1S/C26H29N3O3S/c1-20-10-12-22(13-11-20)33(31,32)28-16-14-27(15-17-28)18-21(30)19-29-25-8-4-2-6-23(25)24-7-3-5-9-26(24)29/h2-13,21,30H,14-19H2,1H3/p+1/t21-/m1/s1. The Morgan fingerprint density at radius 1 is 0.879 bits per heavy atom. The largest absolute Gasteiger partial charge is 0.385 e. The first kappa shape index (κ1) is 22.1. The maximum Gasteiger partial charge on any atom is 0.243 e. The van der Waals surface area contributed by atoms with Gasteiger partial charge in [-0.15, -0.1) is 0 Å². The molecule has 0 aliphatic carbocycles. The molecular formula is C26H30N3O3S+. The lowest BCUT2D eigenvalue weighted by Gasteiger charge is -2.32. The molecule has 0 radical (unpaired) electrons. The summed E-state index contributed by atoms with van der Waals surface area (Å²) < 4.78 is 29.7. The lowest BCUT2D eigenvalue weighted by molar-refractivity contribution is -0.906. The molecule has 2 heterocycles. The Hall–Kier alpha value is -2.71. The van der Waals surface area contributed by atoms with Crippen molar-refractivity contribution in [3.63, 3.8) is 0 Å².